The van der Waals surface area contributed by atoms with E-state index in [0.717, 1.165) is 5.56 Å². The zero-order valence-corrected chi connectivity index (χ0v) is 9.73. The van der Waals surface area contributed by atoms with Crippen LogP contribution in [0.25, 0.3) is 0 Å². The van der Waals surface area contributed by atoms with E-state index in [1.807, 2.05) is 36.6 Å². The fraction of sp³-hybridized carbons (Fsp3) is 0.0833. The Morgan fingerprint density at radius 1 is 1.20 bits per heavy atom. The number of carbonyl (C=O) groups excluding carboxylic acids is 1. The number of thiophene rings is 1. The molecular weight excluding hydrogens is 228 g/mol. The van der Waals surface area contributed by atoms with Crippen molar-refractivity contribution in [3.05, 3.63) is 56.7 Å². The van der Waals surface area contributed by atoms with Gasteiger partial charge in [0.15, 0.2) is 0 Å². The Morgan fingerprint density at radius 2 is 1.87 bits per heavy atom. The van der Waals surface area contributed by atoms with Gasteiger partial charge in [-0.2, -0.15) is 0 Å². The second-order valence-electron chi connectivity index (χ2n) is 3.29. The Labute approximate surface area is 97.3 Å². The molecule has 0 spiro atoms. The van der Waals surface area contributed by atoms with Crippen molar-refractivity contribution in [3.8, 4) is 0 Å². The van der Waals surface area contributed by atoms with Gasteiger partial charge in [-0.15, -0.1) is 11.3 Å². The van der Waals surface area contributed by atoms with Gasteiger partial charge in [0.05, 0.1) is 9.90 Å². The maximum atomic E-state index is 12.0. The Balaban J connectivity index is 2.37. The van der Waals surface area contributed by atoms with Crippen LogP contribution in [0.15, 0.2) is 35.7 Å². The number of hydrogen-bond donors (Lipinski definition) is 0. The van der Waals surface area contributed by atoms with Gasteiger partial charge in [-0.05, 0) is 18.4 Å². The van der Waals surface area contributed by atoms with Gasteiger partial charge in [-0.3, -0.25) is 4.79 Å². The smallest absolute Gasteiger partial charge is 0.204 e. The first-order chi connectivity index (χ1) is 7.18. The van der Waals surface area contributed by atoms with Gasteiger partial charge in [0.25, 0.3) is 0 Å². The topological polar surface area (TPSA) is 17.1 Å². The first-order valence-electron chi connectivity index (χ1n) is 4.53. The molecule has 0 saturated carbocycles. The fourth-order valence-electron chi connectivity index (χ4n) is 1.29. The van der Waals surface area contributed by atoms with Gasteiger partial charge in [0.2, 0.25) is 5.78 Å². The van der Waals surface area contributed by atoms with Crippen LogP contribution in [0.5, 0.6) is 0 Å². The zero-order valence-electron chi connectivity index (χ0n) is 8.16. The number of ketones is 1. The normalized spacial score (nSPS) is 10.3. The zero-order chi connectivity index (χ0) is 10.8. The summed E-state index contributed by atoms with van der Waals surface area (Å²) < 4.78 is 0. The van der Waals surface area contributed by atoms with E-state index in [1.54, 1.807) is 6.07 Å². The molecule has 0 fully saturated rings. The van der Waals surface area contributed by atoms with Crippen LogP contribution in [-0.2, 0) is 0 Å². The lowest BCUT2D eigenvalue weighted by Crippen LogP contribution is -1.98. The third kappa shape index (κ3) is 2.11. The lowest BCUT2D eigenvalue weighted by molar-refractivity contribution is 0.104. The Bertz CT molecular complexity index is 485. The number of carbonyl (C=O) groups is 1. The number of rotatable bonds is 2. The molecule has 0 aliphatic carbocycles. The summed E-state index contributed by atoms with van der Waals surface area (Å²) >= 11 is 7.28. The van der Waals surface area contributed by atoms with Gasteiger partial charge in [0, 0.05) is 5.56 Å². The minimum absolute atomic E-state index is 0.00463. The highest BCUT2D eigenvalue weighted by Crippen LogP contribution is 2.24. The maximum Gasteiger partial charge on any atom is 0.204 e. The predicted molar refractivity (Wildman–Crippen MR) is 63.9 cm³/mol. The van der Waals surface area contributed by atoms with E-state index in [1.165, 1.54) is 11.3 Å². The highest BCUT2D eigenvalue weighted by Gasteiger charge is 2.13. The summed E-state index contributed by atoms with van der Waals surface area (Å²) in [5, 5.41) is 2.36. The molecule has 3 heteroatoms. The quantitative estimate of drug-likeness (QED) is 0.722. The maximum absolute atomic E-state index is 12.0. The summed E-state index contributed by atoms with van der Waals surface area (Å²) in [7, 11) is 0. The molecule has 76 valence electrons. The van der Waals surface area contributed by atoms with Crippen molar-refractivity contribution in [2.45, 2.75) is 6.92 Å². The molecular formula is C12H9ClOS. The Hall–Kier alpha value is -1.12. The van der Waals surface area contributed by atoms with Crippen LogP contribution in [0.3, 0.4) is 0 Å². The Morgan fingerprint density at radius 3 is 2.40 bits per heavy atom. The second kappa shape index (κ2) is 4.17. The first-order valence-corrected chi connectivity index (χ1v) is 5.78. The molecule has 0 radical (unpaired) electrons. The van der Waals surface area contributed by atoms with Gasteiger partial charge < -0.3 is 0 Å². The Kier molecular flexibility index (Phi) is 2.89. The molecule has 0 saturated heterocycles. The molecule has 0 aliphatic heterocycles. The molecule has 0 atom stereocenters. The molecule has 1 aromatic heterocycles. The van der Waals surface area contributed by atoms with Crippen LogP contribution in [0.2, 0.25) is 5.02 Å². The summed E-state index contributed by atoms with van der Waals surface area (Å²) in [6, 6.07) is 9.25. The molecule has 0 amide bonds. The molecule has 0 aliphatic rings. The van der Waals surface area contributed by atoms with Gasteiger partial charge in [-0.25, -0.2) is 0 Å². The average molecular weight is 237 g/mol. The van der Waals surface area contributed by atoms with Crippen LogP contribution >= 0.6 is 22.9 Å². The van der Waals surface area contributed by atoms with E-state index in [2.05, 4.69) is 0 Å². The summed E-state index contributed by atoms with van der Waals surface area (Å²) in [5.74, 6) is -0.00463. The van der Waals surface area contributed by atoms with Crippen molar-refractivity contribution in [2.75, 3.05) is 0 Å². The van der Waals surface area contributed by atoms with Crippen LogP contribution in [0.4, 0.5) is 0 Å². The van der Waals surface area contributed by atoms with Crippen LogP contribution in [0, 0.1) is 6.92 Å². The molecule has 1 heterocycles. The first kappa shape index (κ1) is 10.4. The van der Waals surface area contributed by atoms with Crippen LogP contribution in [0.1, 0.15) is 20.8 Å². The van der Waals surface area contributed by atoms with Crippen molar-refractivity contribution in [1.82, 2.24) is 0 Å². The third-order valence-corrected chi connectivity index (χ3v) is 3.48. The standard InChI is InChI=1S/C12H9ClOS/c1-8-2-4-9(5-3-8)11(14)12-10(13)6-7-15-12/h2-7H,1H3. The molecule has 0 bridgehead atoms. The molecule has 0 N–H and O–H groups in total. The van der Waals surface area contributed by atoms with Crippen LogP contribution < -0.4 is 0 Å². The predicted octanol–water partition coefficient (Wildman–Crippen LogP) is 3.94. The fourth-order valence-corrected chi connectivity index (χ4v) is 2.39. The molecule has 2 aromatic rings. The van der Waals surface area contributed by atoms with Crippen molar-refractivity contribution < 1.29 is 4.79 Å². The third-order valence-electron chi connectivity index (χ3n) is 2.14. The monoisotopic (exact) mass is 236 g/mol. The number of halogens is 1. The van der Waals surface area contributed by atoms with Crippen molar-refractivity contribution >= 4 is 28.7 Å². The largest absolute Gasteiger partial charge is 0.288 e. The SMILES string of the molecule is Cc1ccc(C(=O)c2sccc2Cl)cc1. The van der Waals surface area contributed by atoms with E-state index < -0.39 is 0 Å². The van der Waals surface area contributed by atoms with Crippen molar-refractivity contribution in [3.63, 3.8) is 0 Å². The second-order valence-corrected chi connectivity index (χ2v) is 4.62. The van der Waals surface area contributed by atoms with Crippen LogP contribution in [-0.4, -0.2) is 5.78 Å². The van der Waals surface area contributed by atoms with E-state index >= 15 is 0 Å². The molecule has 15 heavy (non-hydrogen) atoms. The minimum Gasteiger partial charge on any atom is -0.288 e. The summed E-state index contributed by atoms with van der Waals surface area (Å²) in [4.78, 5) is 12.6. The van der Waals surface area contributed by atoms with Crippen molar-refractivity contribution in [1.29, 1.82) is 0 Å². The average Bonchev–Trinajstić information content (AvgIpc) is 2.65. The number of hydrogen-bond acceptors (Lipinski definition) is 2. The van der Waals surface area contributed by atoms with E-state index in [-0.39, 0.29) is 5.78 Å². The van der Waals surface area contributed by atoms with E-state index in [4.69, 9.17) is 11.6 Å². The number of benzene rings is 1. The van der Waals surface area contributed by atoms with Gasteiger partial charge >= 0.3 is 0 Å². The summed E-state index contributed by atoms with van der Waals surface area (Å²) in [6.07, 6.45) is 0. The van der Waals surface area contributed by atoms with Gasteiger partial charge in [0.1, 0.15) is 0 Å². The van der Waals surface area contributed by atoms with Gasteiger partial charge in [-0.1, -0.05) is 41.4 Å². The van der Waals surface area contributed by atoms with E-state index in [0.29, 0.717) is 15.5 Å². The minimum atomic E-state index is -0.00463. The highest BCUT2D eigenvalue weighted by atomic mass is 35.5. The lowest BCUT2D eigenvalue weighted by Gasteiger charge is -1.99. The van der Waals surface area contributed by atoms with E-state index in [9.17, 15) is 4.79 Å². The van der Waals surface area contributed by atoms with Crippen molar-refractivity contribution in [2.24, 2.45) is 0 Å². The molecule has 1 nitrogen and oxygen atoms in total. The summed E-state index contributed by atoms with van der Waals surface area (Å²) in [6.45, 7) is 1.99. The number of aryl methyl sites for hydroxylation is 1. The highest BCUT2D eigenvalue weighted by molar-refractivity contribution is 7.13. The lowest BCUT2D eigenvalue weighted by atomic mass is 10.1. The summed E-state index contributed by atoms with van der Waals surface area (Å²) in [5.41, 5.74) is 1.83. The molecule has 0 unspecified atom stereocenters. The molecule has 2 rings (SSSR count). The molecule has 1 aromatic carbocycles.